The second-order valence-electron chi connectivity index (χ2n) is 6.81. The Balaban J connectivity index is 1.50. The van der Waals surface area contributed by atoms with Crippen LogP contribution in [0.1, 0.15) is 10.4 Å². The Morgan fingerprint density at radius 3 is 2.39 bits per heavy atom. The highest BCUT2D eigenvalue weighted by Gasteiger charge is 2.14. The summed E-state index contributed by atoms with van der Waals surface area (Å²) >= 11 is 0. The topological polar surface area (TPSA) is 73.9 Å². The molecular formula is C21H26N4O3. The smallest absolute Gasteiger partial charge is 0.337 e. The van der Waals surface area contributed by atoms with Gasteiger partial charge in [-0.3, -0.25) is 4.79 Å². The van der Waals surface area contributed by atoms with Crippen molar-refractivity contribution in [1.29, 1.82) is 0 Å². The molecule has 1 fully saturated rings. The van der Waals surface area contributed by atoms with E-state index in [1.165, 1.54) is 12.8 Å². The van der Waals surface area contributed by atoms with Gasteiger partial charge >= 0.3 is 5.97 Å². The molecule has 0 atom stereocenters. The average Bonchev–Trinajstić information content (AvgIpc) is 2.73. The van der Waals surface area contributed by atoms with Crippen molar-refractivity contribution in [1.82, 2.24) is 4.90 Å². The van der Waals surface area contributed by atoms with Crippen LogP contribution < -0.4 is 15.5 Å². The van der Waals surface area contributed by atoms with Crippen LogP contribution in [0.2, 0.25) is 0 Å². The van der Waals surface area contributed by atoms with E-state index in [2.05, 4.69) is 39.6 Å². The number of amides is 1. The third-order valence-electron chi connectivity index (χ3n) is 4.76. The van der Waals surface area contributed by atoms with Crippen molar-refractivity contribution in [3.05, 3.63) is 54.1 Å². The molecule has 0 aromatic heterocycles. The highest BCUT2D eigenvalue weighted by molar-refractivity contribution is 5.96. The van der Waals surface area contributed by atoms with Crippen molar-refractivity contribution in [2.75, 3.05) is 62.4 Å². The lowest BCUT2D eigenvalue weighted by Crippen LogP contribution is -2.44. The van der Waals surface area contributed by atoms with Crippen LogP contribution in [0, 0.1) is 0 Å². The van der Waals surface area contributed by atoms with Crippen LogP contribution >= 0.6 is 0 Å². The molecule has 0 saturated carbocycles. The summed E-state index contributed by atoms with van der Waals surface area (Å²) in [5.74, 6) is -0.625. The Kier molecular flexibility index (Phi) is 6.49. The van der Waals surface area contributed by atoms with Crippen LogP contribution in [0.5, 0.6) is 0 Å². The maximum Gasteiger partial charge on any atom is 0.337 e. The zero-order valence-corrected chi connectivity index (χ0v) is 16.3. The number of likely N-dealkylation sites (N-methyl/N-ethyl adjacent to an activating group) is 1. The van der Waals surface area contributed by atoms with E-state index in [4.69, 9.17) is 4.74 Å². The van der Waals surface area contributed by atoms with Crippen molar-refractivity contribution >= 4 is 28.9 Å². The van der Waals surface area contributed by atoms with Gasteiger partial charge in [-0.1, -0.05) is 6.07 Å². The van der Waals surface area contributed by atoms with Crippen LogP contribution in [0.25, 0.3) is 0 Å². The molecular weight excluding hydrogens is 356 g/mol. The number of ether oxygens (including phenoxy) is 1. The van der Waals surface area contributed by atoms with Crippen LogP contribution in [0.15, 0.2) is 48.5 Å². The van der Waals surface area contributed by atoms with Gasteiger partial charge in [0.25, 0.3) is 0 Å². The lowest BCUT2D eigenvalue weighted by Gasteiger charge is -2.34. The first-order chi connectivity index (χ1) is 13.5. The molecule has 148 valence electrons. The number of benzene rings is 2. The molecule has 7 heteroatoms. The minimum atomic E-state index is -0.435. The number of nitrogens with zero attached hydrogens (tertiary/aromatic N) is 2. The Labute approximate surface area is 165 Å². The lowest BCUT2D eigenvalue weighted by atomic mass is 10.2. The highest BCUT2D eigenvalue weighted by Crippen LogP contribution is 2.19. The van der Waals surface area contributed by atoms with E-state index in [-0.39, 0.29) is 12.5 Å². The molecule has 1 saturated heterocycles. The van der Waals surface area contributed by atoms with E-state index in [0.29, 0.717) is 11.3 Å². The van der Waals surface area contributed by atoms with Crippen LogP contribution in [0.3, 0.4) is 0 Å². The number of anilines is 3. The second-order valence-corrected chi connectivity index (χ2v) is 6.81. The van der Waals surface area contributed by atoms with Crippen LogP contribution in [-0.2, 0) is 9.53 Å². The Morgan fingerprint density at radius 2 is 1.71 bits per heavy atom. The summed E-state index contributed by atoms with van der Waals surface area (Å²) in [5, 5.41) is 5.90. The predicted molar refractivity (Wildman–Crippen MR) is 111 cm³/mol. The monoisotopic (exact) mass is 382 g/mol. The summed E-state index contributed by atoms with van der Waals surface area (Å²) in [5.41, 5.74) is 3.03. The normalized spacial score (nSPS) is 14.4. The fourth-order valence-corrected chi connectivity index (χ4v) is 3.08. The molecule has 1 amide bonds. The van der Waals surface area contributed by atoms with Crippen molar-refractivity contribution < 1.29 is 14.3 Å². The van der Waals surface area contributed by atoms with Gasteiger partial charge in [0.2, 0.25) is 5.91 Å². The summed E-state index contributed by atoms with van der Waals surface area (Å²) in [6, 6.07) is 14.8. The number of hydrogen-bond acceptors (Lipinski definition) is 6. The summed E-state index contributed by atoms with van der Waals surface area (Å²) in [6.45, 7) is 4.32. The maximum atomic E-state index is 12.2. The SMILES string of the molecule is COC(=O)c1cccc(NC(=O)CNc2ccc(N3CCN(C)CC3)cc2)c1. The van der Waals surface area contributed by atoms with E-state index in [1.54, 1.807) is 24.3 Å². The molecule has 0 bridgehead atoms. The van der Waals surface area contributed by atoms with Gasteiger partial charge in [-0.15, -0.1) is 0 Å². The first-order valence-electron chi connectivity index (χ1n) is 9.31. The summed E-state index contributed by atoms with van der Waals surface area (Å²) in [4.78, 5) is 28.4. The molecule has 0 aliphatic carbocycles. The second kappa shape index (κ2) is 9.23. The fourth-order valence-electron chi connectivity index (χ4n) is 3.08. The molecule has 2 N–H and O–H groups in total. The molecule has 3 rings (SSSR count). The summed E-state index contributed by atoms with van der Waals surface area (Å²) in [7, 11) is 3.47. The summed E-state index contributed by atoms with van der Waals surface area (Å²) < 4.78 is 4.69. The Morgan fingerprint density at radius 1 is 1.00 bits per heavy atom. The zero-order valence-electron chi connectivity index (χ0n) is 16.3. The molecule has 2 aromatic rings. The van der Waals surface area contributed by atoms with E-state index < -0.39 is 5.97 Å². The van der Waals surface area contributed by atoms with E-state index in [9.17, 15) is 9.59 Å². The molecule has 0 spiro atoms. The Hall–Kier alpha value is -3.06. The average molecular weight is 382 g/mol. The van der Waals surface area contributed by atoms with Crippen molar-refractivity contribution in [3.63, 3.8) is 0 Å². The number of carbonyl (C=O) groups excluding carboxylic acids is 2. The van der Waals surface area contributed by atoms with Gasteiger partial charge in [-0.05, 0) is 49.5 Å². The lowest BCUT2D eigenvalue weighted by molar-refractivity contribution is -0.114. The number of rotatable bonds is 6. The minimum Gasteiger partial charge on any atom is -0.465 e. The third-order valence-corrected chi connectivity index (χ3v) is 4.76. The van der Waals surface area contributed by atoms with Crippen LogP contribution in [0.4, 0.5) is 17.1 Å². The van der Waals surface area contributed by atoms with Gasteiger partial charge in [-0.2, -0.15) is 0 Å². The summed E-state index contributed by atoms with van der Waals surface area (Å²) in [6.07, 6.45) is 0. The number of nitrogens with one attached hydrogen (secondary N) is 2. The predicted octanol–water partition coefficient (Wildman–Crippen LogP) is 2.28. The number of carbonyl (C=O) groups is 2. The fraction of sp³-hybridized carbons (Fsp3) is 0.333. The van der Waals surface area contributed by atoms with Gasteiger partial charge in [0, 0.05) is 43.2 Å². The quantitative estimate of drug-likeness (QED) is 0.747. The minimum absolute atomic E-state index is 0.135. The first-order valence-corrected chi connectivity index (χ1v) is 9.31. The van der Waals surface area contributed by atoms with E-state index in [1.807, 2.05) is 12.1 Å². The molecule has 1 aliphatic heterocycles. The molecule has 28 heavy (non-hydrogen) atoms. The van der Waals surface area contributed by atoms with Crippen LogP contribution in [-0.4, -0.2) is 63.7 Å². The van der Waals surface area contributed by atoms with Gasteiger partial charge in [0.05, 0.1) is 19.2 Å². The largest absolute Gasteiger partial charge is 0.465 e. The number of piperazine rings is 1. The van der Waals surface area contributed by atoms with Gasteiger partial charge in [-0.25, -0.2) is 4.79 Å². The molecule has 0 unspecified atom stereocenters. The van der Waals surface area contributed by atoms with Crippen molar-refractivity contribution in [2.24, 2.45) is 0 Å². The first kappa shape index (κ1) is 19.7. The molecule has 1 aliphatic rings. The van der Waals surface area contributed by atoms with E-state index >= 15 is 0 Å². The Bertz CT molecular complexity index is 815. The number of methoxy groups -OCH3 is 1. The van der Waals surface area contributed by atoms with Gasteiger partial charge in [0.1, 0.15) is 0 Å². The van der Waals surface area contributed by atoms with Crippen molar-refractivity contribution in [3.8, 4) is 0 Å². The number of hydrogen-bond donors (Lipinski definition) is 2. The highest BCUT2D eigenvalue weighted by atomic mass is 16.5. The molecule has 1 heterocycles. The standard InChI is InChI=1S/C21H26N4O3/c1-24-10-12-25(13-11-24)19-8-6-17(7-9-19)22-15-20(26)23-18-5-3-4-16(14-18)21(27)28-2/h3-9,14,22H,10-13,15H2,1-2H3,(H,23,26). The third kappa shape index (κ3) is 5.23. The zero-order chi connectivity index (χ0) is 19.9. The van der Waals surface area contributed by atoms with Crippen molar-refractivity contribution in [2.45, 2.75) is 0 Å². The maximum absolute atomic E-state index is 12.2. The number of esters is 1. The van der Waals surface area contributed by atoms with Gasteiger partial charge in [0.15, 0.2) is 0 Å². The molecule has 0 radical (unpaired) electrons. The van der Waals surface area contributed by atoms with E-state index in [0.717, 1.165) is 31.9 Å². The molecule has 7 nitrogen and oxygen atoms in total. The van der Waals surface area contributed by atoms with Gasteiger partial charge < -0.3 is 25.2 Å². The molecule has 2 aromatic carbocycles.